The highest BCUT2D eigenvalue weighted by Crippen LogP contribution is 2.42. The van der Waals surface area contributed by atoms with Crippen molar-refractivity contribution >= 4 is 5.97 Å². The summed E-state index contributed by atoms with van der Waals surface area (Å²) in [6.45, 7) is 1.83. The van der Waals surface area contributed by atoms with Crippen LogP contribution in [0.3, 0.4) is 0 Å². The van der Waals surface area contributed by atoms with Gasteiger partial charge in [0.25, 0.3) is 0 Å². The fraction of sp³-hybridized carbons (Fsp3) is 0.625. The van der Waals surface area contributed by atoms with Crippen molar-refractivity contribution in [2.24, 2.45) is 11.8 Å². The molecule has 1 aromatic rings. The SMILES string of the molecule is CCC(O)(c1ccccn1)C(C(=O)O)C1CCCCC1. The van der Waals surface area contributed by atoms with Gasteiger partial charge in [0.15, 0.2) is 0 Å². The van der Waals surface area contributed by atoms with Gasteiger partial charge in [0, 0.05) is 6.20 Å². The van der Waals surface area contributed by atoms with Crippen molar-refractivity contribution in [1.82, 2.24) is 4.98 Å². The summed E-state index contributed by atoms with van der Waals surface area (Å²) in [5, 5.41) is 20.7. The second-order valence-corrected chi connectivity index (χ2v) is 5.71. The molecule has 20 heavy (non-hydrogen) atoms. The second-order valence-electron chi connectivity index (χ2n) is 5.71. The summed E-state index contributed by atoms with van der Waals surface area (Å²) in [6.07, 6.45) is 7.00. The maximum atomic E-state index is 11.8. The van der Waals surface area contributed by atoms with Crippen LogP contribution in [0, 0.1) is 11.8 Å². The molecule has 2 N–H and O–H groups in total. The second kappa shape index (κ2) is 6.35. The highest BCUT2D eigenvalue weighted by atomic mass is 16.4. The number of hydrogen-bond acceptors (Lipinski definition) is 3. The fourth-order valence-corrected chi connectivity index (χ4v) is 3.44. The van der Waals surface area contributed by atoms with E-state index < -0.39 is 17.5 Å². The Morgan fingerprint density at radius 2 is 2.10 bits per heavy atom. The molecule has 2 atom stereocenters. The highest BCUT2D eigenvalue weighted by molar-refractivity contribution is 5.72. The molecule has 0 bridgehead atoms. The van der Waals surface area contributed by atoms with Gasteiger partial charge in [0.1, 0.15) is 5.60 Å². The molecule has 110 valence electrons. The molecule has 2 rings (SSSR count). The molecule has 1 aliphatic rings. The van der Waals surface area contributed by atoms with Crippen molar-refractivity contribution in [3.05, 3.63) is 30.1 Å². The number of aromatic nitrogens is 1. The Bertz CT molecular complexity index is 442. The van der Waals surface area contributed by atoms with E-state index in [1.54, 1.807) is 24.4 Å². The third kappa shape index (κ3) is 2.85. The topological polar surface area (TPSA) is 70.4 Å². The summed E-state index contributed by atoms with van der Waals surface area (Å²) >= 11 is 0. The van der Waals surface area contributed by atoms with Gasteiger partial charge in [0.05, 0.1) is 11.6 Å². The van der Waals surface area contributed by atoms with Crippen molar-refractivity contribution in [2.45, 2.75) is 51.0 Å². The number of carboxylic acid groups (broad SMARTS) is 1. The van der Waals surface area contributed by atoms with Crippen LogP contribution in [0.15, 0.2) is 24.4 Å². The molecule has 1 aliphatic carbocycles. The van der Waals surface area contributed by atoms with Crippen LogP contribution in [0.4, 0.5) is 0 Å². The molecule has 1 heterocycles. The first-order chi connectivity index (χ1) is 9.59. The van der Waals surface area contributed by atoms with E-state index in [4.69, 9.17) is 0 Å². The normalized spacial score (nSPS) is 21.1. The summed E-state index contributed by atoms with van der Waals surface area (Å²) in [7, 11) is 0. The maximum Gasteiger partial charge on any atom is 0.310 e. The third-order valence-electron chi connectivity index (χ3n) is 4.55. The van der Waals surface area contributed by atoms with Gasteiger partial charge in [-0.2, -0.15) is 0 Å². The van der Waals surface area contributed by atoms with Crippen LogP contribution in [0.2, 0.25) is 0 Å². The lowest BCUT2D eigenvalue weighted by molar-refractivity contribution is -0.160. The lowest BCUT2D eigenvalue weighted by atomic mass is 9.69. The van der Waals surface area contributed by atoms with Crippen LogP contribution < -0.4 is 0 Å². The predicted octanol–water partition coefficient (Wildman–Crippen LogP) is 2.96. The molecule has 0 aliphatic heterocycles. The molecule has 0 saturated heterocycles. The first kappa shape index (κ1) is 15.0. The van der Waals surface area contributed by atoms with Crippen LogP contribution in [0.5, 0.6) is 0 Å². The summed E-state index contributed by atoms with van der Waals surface area (Å²) in [5.74, 6) is -1.65. The van der Waals surface area contributed by atoms with E-state index in [0.29, 0.717) is 12.1 Å². The minimum atomic E-state index is -1.38. The molecule has 2 unspecified atom stereocenters. The molecule has 4 nitrogen and oxygen atoms in total. The van der Waals surface area contributed by atoms with Crippen LogP contribution >= 0.6 is 0 Å². The number of rotatable bonds is 5. The average Bonchev–Trinajstić information content (AvgIpc) is 2.49. The quantitative estimate of drug-likeness (QED) is 0.868. The zero-order valence-electron chi connectivity index (χ0n) is 12.0. The molecule has 4 heteroatoms. The molecule has 0 radical (unpaired) electrons. The van der Waals surface area contributed by atoms with Gasteiger partial charge in [-0.1, -0.05) is 32.3 Å². The first-order valence-corrected chi connectivity index (χ1v) is 7.46. The number of carboxylic acids is 1. The largest absolute Gasteiger partial charge is 0.481 e. The number of nitrogens with zero attached hydrogens (tertiary/aromatic N) is 1. The standard InChI is InChI=1S/C16H23NO3/c1-2-16(20,13-10-6-7-11-17-13)14(15(18)19)12-8-4-3-5-9-12/h6-7,10-12,14,20H,2-5,8-9H2,1H3,(H,18,19). The molecule has 1 aromatic heterocycles. The molecule has 1 fully saturated rings. The maximum absolute atomic E-state index is 11.8. The Labute approximate surface area is 119 Å². The van der Waals surface area contributed by atoms with Crippen molar-refractivity contribution in [3.8, 4) is 0 Å². The monoisotopic (exact) mass is 277 g/mol. The zero-order chi connectivity index (χ0) is 14.6. The van der Waals surface area contributed by atoms with Crippen molar-refractivity contribution in [2.75, 3.05) is 0 Å². The third-order valence-corrected chi connectivity index (χ3v) is 4.55. The van der Waals surface area contributed by atoms with Crippen LogP contribution in [-0.4, -0.2) is 21.2 Å². The molecular formula is C16H23NO3. The lowest BCUT2D eigenvalue weighted by Gasteiger charge is -2.38. The molecule has 0 aromatic carbocycles. The van der Waals surface area contributed by atoms with Crippen molar-refractivity contribution < 1.29 is 15.0 Å². The Morgan fingerprint density at radius 1 is 1.40 bits per heavy atom. The lowest BCUT2D eigenvalue weighted by Crippen LogP contribution is -2.45. The van der Waals surface area contributed by atoms with Gasteiger partial charge < -0.3 is 10.2 Å². The van der Waals surface area contributed by atoms with E-state index >= 15 is 0 Å². The first-order valence-electron chi connectivity index (χ1n) is 7.46. The van der Waals surface area contributed by atoms with Crippen LogP contribution in [0.1, 0.15) is 51.1 Å². The van der Waals surface area contributed by atoms with E-state index in [1.165, 1.54) is 0 Å². The number of pyridine rings is 1. The molecular weight excluding hydrogens is 254 g/mol. The van der Waals surface area contributed by atoms with Gasteiger partial charge in [-0.25, -0.2) is 0 Å². The molecule has 0 spiro atoms. The smallest absolute Gasteiger partial charge is 0.310 e. The summed E-state index contributed by atoms with van der Waals surface area (Å²) in [4.78, 5) is 16.0. The summed E-state index contributed by atoms with van der Waals surface area (Å²) < 4.78 is 0. The van der Waals surface area contributed by atoms with Crippen molar-refractivity contribution in [3.63, 3.8) is 0 Å². The number of aliphatic hydroxyl groups is 1. The Balaban J connectivity index is 2.36. The Morgan fingerprint density at radius 3 is 2.60 bits per heavy atom. The highest BCUT2D eigenvalue weighted by Gasteiger charge is 2.47. The van der Waals surface area contributed by atoms with Gasteiger partial charge in [-0.05, 0) is 37.3 Å². The van der Waals surface area contributed by atoms with Crippen LogP contribution in [0.25, 0.3) is 0 Å². The molecule has 1 saturated carbocycles. The van der Waals surface area contributed by atoms with E-state index in [2.05, 4.69) is 4.98 Å². The van der Waals surface area contributed by atoms with E-state index in [1.807, 2.05) is 6.92 Å². The van der Waals surface area contributed by atoms with E-state index in [0.717, 1.165) is 32.1 Å². The summed E-state index contributed by atoms with van der Waals surface area (Å²) in [5.41, 5.74) is -0.907. The van der Waals surface area contributed by atoms with Gasteiger partial charge in [-0.3, -0.25) is 9.78 Å². The van der Waals surface area contributed by atoms with E-state index in [-0.39, 0.29) is 5.92 Å². The van der Waals surface area contributed by atoms with Gasteiger partial charge in [0.2, 0.25) is 0 Å². The van der Waals surface area contributed by atoms with Crippen molar-refractivity contribution in [1.29, 1.82) is 0 Å². The predicted molar refractivity (Wildman–Crippen MR) is 76.1 cm³/mol. The van der Waals surface area contributed by atoms with Gasteiger partial charge >= 0.3 is 5.97 Å². The summed E-state index contributed by atoms with van der Waals surface area (Å²) in [6, 6.07) is 5.29. The minimum absolute atomic E-state index is 0.0354. The number of aliphatic carboxylic acids is 1. The minimum Gasteiger partial charge on any atom is -0.481 e. The zero-order valence-corrected chi connectivity index (χ0v) is 12.0. The van der Waals surface area contributed by atoms with Gasteiger partial charge in [-0.15, -0.1) is 0 Å². The van der Waals surface area contributed by atoms with E-state index in [9.17, 15) is 15.0 Å². The Kier molecular flexibility index (Phi) is 4.76. The number of carbonyl (C=O) groups is 1. The van der Waals surface area contributed by atoms with Crippen LogP contribution in [-0.2, 0) is 10.4 Å². The number of hydrogen-bond donors (Lipinski definition) is 2. The Hall–Kier alpha value is -1.42. The molecule has 0 amide bonds. The average molecular weight is 277 g/mol. The fourth-order valence-electron chi connectivity index (χ4n) is 3.44.